The van der Waals surface area contributed by atoms with Crippen LogP contribution in [0.1, 0.15) is 41.4 Å². The molecule has 0 heterocycles. The molecule has 6 nitrogen and oxygen atoms in total. The van der Waals surface area contributed by atoms with Crippen LogP contribution in [0.2, 0.25) is 0 Å². The van der Waals surface area contributed by atoms with Gasteiger partial charge in [-0.1, -0.05) is 0 Å². The van der Waals surface area contributed by atoms with Crippen LogP contribution in [-0.2, 0) is 9.47 Å². The van der Waals surface area contributed by atoms with Crippen LogP contribution in [-0.4, -0.2) is 23.9 Å². The fourth-order valence-corrected chi connectivity index (χ4v) is 3.13. The highest BCUT2D eigenvalue weighted by Gasteiger charge is 2.35. The van der Waals surface area contributed by atoms with Crippen molar-refractivity contribution in [3.8, 4) is 0 Å². The van der Waals surface area contributed by atoms with E-state index in [0.29, 0.717) is 0 Å². The summed E-state index contributed by atoms with van der Waals surface area (Å²) in [6.45, 7) is 0. The third-order valence-corrected chi connectivity index (χ3v) is 5.36. The van der Waals surface area contributed by atoms with Gasteiger partial charge < -0.3 is 9.47 Å². The van der Waals surface area contributed by atoms with Gasteiger partial charge in [0.1, 0.15) is 22.8 Å². The molecule has 240 valence electrons. The molecule has 0 aromatic heterocycles. The van der Waals surface area contributed by atoms with Gasteiger partial charge in [-0.3, -0.25) is 0 Å². The maximum absolute atomic E-state index is 13.4. The Bertz CT molecular complexity index is 1680. The molecule has 0 aliphatic heterocycles. The number of hydrogen-bond donors (Lipinski definition) is 0. The van der Waals surface area contributed by atoms with E-state index in [4.69, 9.17) is 0 Å². The molecule has 0 spiro atoms. The van der Waals surface area contributed by atoms with Crippen LogP contribution in [0, 0.1) is 69.8 Å². The average molecular weight is 668 g/mol. The smallest absolute Gasteiger partial charge is 0.352 e. The SMILES string of the molecule is O=C(OC(=O)c1c(F)c(F)c(F)c(F)c1F)c1c(F)c(F)c(F)c(F)c1F.O=C(OC(=O)c1ccc(F)cc1)c1ccc(F)cc1. The molecule has 0 N–H and O–H groups in total. The lowest BCUT2D eigenvalue weighted by Gasteiger charge is -2.09. The lowest BCUT2D eigenvalue weighted by molar-refractivity contribution is 0.0369. The summed E-state index contributed by atoms with van der Waals surface area (Å²) in [6, 6.07) is 9.15. The fraction of sp³-hybridized carbons (Fsp3) is 0. The normalized spacial score (nSPS) is 10.5. The van der Waals surface area contributed by atoms with E-state index in [1.165, 1.54) is 24.3 Å². The molecule has 4 aromatic rings. The second-order valence-corrected chi connectivity index (χ2v) is 8.26. The first kappa shape index (κ1) is 34.8. The maximum atomic E-state index is 13.4. The Morgan fingerprint density at radius 3 is 0.804 bits per heavy atom. The average Bonchev–Trinajstić information content (AvgIpc) is 3.02. The van der Waals surface area contributed by atoms with E-state index < -0.39 is 105 Å². The molecule has 4 rings (SSSR count). The highest BCUT2D eigenvalue weighted by molar-refractivity contribution is 6.03. The first-order valence-corrected chi connectivity index (χ1v) is 11.5. The number of rotatable bonds is 4. The number of halogens is 12. The third kappa shape index (κ3) is 7.16. The summed E-state index contributed by atoms with van der Waals surface area (Å²) in [4.78, 5) is 46.1. The molecule has 46 heavy (non-hydrogen) atoms. The zero-order chi connectivity index (χ0) is 34.6. The lowest BCUT2D eigenvalue weighted by atomic mass is 10.1. The largest absolute Gasteiger partial charge is 0.386 e. The molecule has 4 aromatic carbocycles. The van der Waals surface area contributed by atoms with E-state index in [1.54, 1.807) is 0 Å². The molecule has 0 unspecified atom stereocenters. The van der Waals surface area contributed by atoms with Gasteiger partial charge in [-0.05, 0) is 48.5 Å². The first-order valence-electron chi connectivity index (χ1n) is 11.5. The molecule has 0 amide bonds. The van der Waals surface area contributed by atoms with E-state index in [-0.39, 0.29) is 11.1 Å². The molecule has 0 aliphatic rings. The molecule has 0 atom stereocenters. The van der Waals surface area contributed by atoms with Crippen LogP contribution in [0.4, 0.5) is 52.7 Å². The van der Waals surface area contributed by atoms with Gasteiger partial charge >= 0.3 is 23.9 Å². The van der Waals surface area contributed by atoms with Crippen molar-refractivity contribution in [2.24, 2.45) is 0 Å². The number of ether oxygens (including phenoxy) is 2. The van der Waals surface area contributed by atoms with Crippen LogP contribution in [0.25, 0.3) is 0 Å². The highest BCUT2D eigenvalue weighted by Crippen LogP contribution is 2.26. The minimum absolute atomic E-state index is 0.0526. The van der Waals surface area contributed by atoms with Gasteiger partial charge in [0, 0.05) is 0 Å². The lowest BCUT2D eigenvalue weighted by Crippen LogP contribution is -2.21. The van der Waals surface area contributed by atoms with Gasteiger partial charge in [0.15, 0.2) is 46.5 Å². The molecule has 0 bridgehead atoms. The number of carbonyl (C=O) groups is 4. The third-order valence-electron chi connectivity index (χ3n) is 5.36. The zero-order valence-electron chi connectivity index (χ0n) is 21.6. The van der Waals surface area contributed by atoms with E-state index in [1.807, 2.05) is 0 Å². The van der Waals surface area contributed by atoms with E-state index >= 15 is 0 Å². The van der Waals surface area contributed by atoms with Gasteiger partial charge in [0.05, 0.1) is 11.1 Å². The van der Waals surface area contributed by atoms with Crippen molar-refractivity contribution in [1.82, 2.24) is 0 Å². The van der Waals surface area contributed by atoms with Crippen molar-refractivity contribution in [1.29, 1.82) is 0 Å². The minimum atomic E-state index is -2.70. The van der Waals surface area contributed by atoms with Crippen molar-refractivity contribution in [2.75, 3.05) is 0 Å². The first-order chi connectivity index (χ1) is 21.5. The molecule has 0 aliphatic carbocycles. The Labute approximate surface area is 246 Å². The highest BCUT2D eigenvalue weighted by atomic mass is 19.2. The van der Waals surface area contributed by atoms with Crippen molar-refractivity contribution >= 4 is 23.9 Å². The Morgan fingerprint density at radius 2 is 0.543 bits per heavy atom. The van der Waals surface area contributed by atoms with Gasteiger partial charge in [0.2, 0.25) is 11.6 Å². The number of esters is 4. The summed E-state index contributed by atoms with van der Waals surface area (Å²) >= 11 is 0. The standard InChI is InChI=1S/C14F10O3.C14H8F2O3/c15-3-1(4(16)8(20)11(23)7(3)19)13(25)27-14(26)2-5(17)9(21)12(24)10(22)6(2)18;15-11-5-1-9(2-6-11)13(17)19-14(18)10-3-7-12(16)8-4-10/h;1-8H. The summed E-state index contributed by atoms with van der Waals surface area (Å²) in [7, 11) is 0. The van der Waals surface area contributed by atoms with Crippen molar-refractivity contribution in [3.63, 3.8) is 0 Å². The van der Waals surface area contributed by atoms with Crippen LogP contribution < -0.4 is 0 Å². The monoisotopic (exact) mass is 668 g/mol. The summed E-state index contributed by atoms with van der Waals surface area (Å²) in [6.07, 6.45) is 0. The van der Waals surface area contributed by atoms with Crippen LogP contribution in [0.5, 0.6) is 0 Å². The molecule has 0 saturated heterocycles. The molecule has 0 fully saturated rings. The van der Waals surface area contributed by atoms with Gasteiger partial charge in [-0.15, -0.1) is 0 Å². The van der Waals surface area contributed by atoms with Crippen LogP contribution >= 0.6 is 0 Å². The van der Waals surface area contributed by atoms with E-state index in [2.05, 4.69) is 9.47 Å². The minimum Gasteiger partial charge on any atom is -0.386 e. The predicted octanol–water partition coefficient (Wildman–Crippen LogP) is 7.04. The Morgan fingerprint density at radius 1 is 0.326 bits per heavy atom. The Balaban J connectivity index is 0.000000266. The molecule has 0 radical (unpaired) electrons. The summed E-state index contributed by atoms with van der Waals surface area (Å²) in [5, 5.41) is 0. The number of carbonyl (C=O) groups excluding carboxylic acids is 4. The topological polar surface area (TPSA) is 86.7 Å². The van der Waals surface area contributed by atoms with Gasteiger partial charge in [-0.25, -0.2) is 71.9 Å². The Kier molecular flexibility index (Phi) is 10.6. The van der Waals surface area contributed by atoms with E-state index in [0.717, 1.165) is 24.3 Å². The molecular formula is C28H8F12O6. The van der Waals surface area contributed by atoms with Crippen molar-refractivity contribution < 1.29 is 81.3 Å². The second-order valence-electron chi connectivity index (χ2n) is 8.26. The Hall–Kier alpha value is -5.68. The van der Waals surface area contributed by atoms with E-state index in [9.17, 15) is 71.9 Å². The summed E-state index contributed by atoms with van der Waals surface area (Å²) < 4.78 is 165. The maximum Gasteiger partial charge on any atom is 0.352 e. The molecule has 18 heteroatoms. The van der Waals surface area contributed by atoms with Crippen molar-refractivity contribution in [2.45, 2.75) is 0 Å². The summed E-state index contributed by atoms with van der Waals surface area (Å²) in [5.41, 5.74) is -4.55. The fourth-order valence-electron chi connectivity index (χ4n) is 3.13. The van der Waals surface area contributed by atoms with Crippen LogP contribution in [0.15, 0.2) is 48.5 Å². The van der Waals surface area contributed by atoms with Gasteiger partial charge in [0.25, 0.3) is 0 Å². The van der Waals surface area contributed by atoms with Crippen LogP contribution in [0.3, 0.4) is 0 Å². The molecular weight excluding hydrogens is 660 g/mol. The van der Waals surface area contributed by atoms with Gasteiger partial charge in [-0.2, -0.15) is 0 Å². The summed E-state index contributed by atoms with van der Waals surface area (Å²) in [5.74, 6) is -34.9. The number of hydrogen-bond acceptors (Lipinski definition) is 6. The zero-order valence-corrected chi connectivity index (χ0v) is 21.6. The second kappa shape index (κ2) is 14.0. The number of benzene rings is 4. The van der Waals surface area contributed by atoms with Crippen molar-refractivity contribution in [3.05, 3.63) is 141 Å². The molecule has 0 saturated carbocycles. The quantitative estimate of drug-likeness (QED) is 0.0763. The predicted molar refractivity (Wildman–Crippen MR) is 125 cm³/mol.